The summed E-state index contributed by atoms with van der Waals surface area (Å²) in [6, 6.07) is 5.00. The number of carbonyl (C=O) groups is 2. The van der Waals surface area contributed by atoms with Crippen LogP contribution >= 0.6 is 11.6 Å². The first-order valence-corrected chi connectivity index (χ1v) is 6.45. The molecule has 110 valence electrons. The third-order valence-corrected chi connectivity index (χ3v) is 2.80. The Bertz CT molecular complexity index is 450. The molecule has 1 aromatic carbocycles. The number of rotatable bonds is 7. The second-order valence-electron chi connectivity index (χ2n) is 4.13. The highest BCUT2D eigenvalue weighted by Gasteiger charge is 2.19. The van der Waals surface area contributed by atoms with Crippen molar-refractivity contribution in [2.45, 2.75) is 18.9 Å². The van der Waals surface area contributed by atoms with Gasteiger partial charge in [-0.3, -0.25) is 0 Å². The molecule has 6 nitrogen and oxygen atoms in total. The summed E-state index contributed by atoms with van der Waals surface area (Å²) in [6.07, 6.45) is 0.853. The lowest BCUT2D eigenvalue weighted by Gasteiger charge is -2.15. The van der Waals surface area contributed by atoms with Crippen molar-refractivity contribution in [1.29, 1.82) is 0 Å². The van der Waals surface area contributed by atoms with E-state index in [1.807, 2.05) is 0 Å². The minimum atomic E-state index is -1.08. The number of carbonyl (C=O) groups excluding carboxylic acids is 1. The molecule has 0 spiro atoms. The first-order chi connectivity index (χ1) is 9.52. The highest BCUT2D eigenvalue weighted by Crippen LogP contribution is 2.13. The van der Waals surface area contributed by atoms with Gasteiger partial charge >= 0.3 is 12.0 Å². The number of nitrogens with one attached hydrogen (secondary N) is 2. The molecule has 3 N–H and O–H groups in total. The minimum absolute atomic E-state index is 0.303. The number of benzene rings is 1. The van der Waals surface area contributed by atoms with Crippen LogP contribution in [0.4, 0.5) is 10.5 Å². The van der Waals surface area contributed by atoms with Crippen LogP contribution in [0.3, 0.4) is 0 Å². The normalized spacial score (nSPS) is 11.7. The zero-order valence-corrected chi connectivity index (χ0v) is 11.8. The molecule has 0 aliphatic heterocycles. The summed E-state index contributed by atoms with van der Waals surface area (Å²) in [5, 5.41) is 14.5. The Morgan fingerprint density at radius 3 is 2.55 bits per heavy atom. The average molecular weight is 301 g/mol. The molecule has 0 aliphatic rings. The number of aliphatic carboxylic acids is 1. The number of hydrogen-bond acceptors (Lipinski definition) is 3. The maximum atomic E-state index is 11.7. The van der Waals surface area contributed by atoms with Crippen molar-refractivity contribution in [3.8, 4) is 0 Å². The molecule has 1 aromatic rings. The van der Waals surface area contributed by atoms with E-state index < -0.39 is 18.0 Å². The second-order valence-corrected chi connectivity index (χ2v) is 4.57. The second kappa shape index (κ2) is 8.39. The van der Waals surface area contributed by atoms with Crippen LogP contribution in [-0.4, -0.2) is 36.9 Å². The smallest absolute Gasteiger partial charge is 0.326 e. The van der Waals surface area contributed by atoms with Crippen molar-refractivity contribution in [2.75, 3.05) is 19.0 Å². The predicted molar refractivity (Wildman–Crippen MR) is 76.1 cm³/mol. The Hall–Kier alpha value is -1.79. The molecular formula is C13H17ClN2O4. The molecule has 0 aliphatic carbocycles. The Morgan fingerprint density at radius 1 is 1.35 bits per heavy atom. The van der Waals surface area contributed by atoms with Gasteiger partial charge < -0.3 is 20.5 Å². The first kappa shape index (κ1) is 16.3. The zero-order chi connectivity index (χ0) is 15.0. The summed E-state index contributed by atoms with van der Waals surface area (Å²) in [7, 11) is 1.54. The summed E-state index contributed by atoms with van der Waals surface area (Å²) < 4.78 is 4.85. The Morgan fingerprint density at radius 2 is 2.00 bits per heavy atom. The van der Waals surface area contributed by atoms with Gasteiger partial charge in [0.05, 0.1) is 0 Å². The van der Waals surface area contributed by atoms with E-state index in [1.54, 1.807) is 24.3 Å². The molecular weight excluding hydrogens is 284 g/mol. The number of methoxy groups -OCH3 is 1. The largest absolute Gasteiger partial charge is 0.480 e. The molecule has 0 radical (unpaired) electrons. The Balaban J connectivity index is 2.48. The molecule has 0 aromatic heterocycles. The molecule has 1 rings (SSSR count). The van der Waals surface area contributed by atoms with Crippen LogP contribution in [0, 0.1) is 0 Å². The van der Waals surface area contributed by atoms with Gasteiger partial charge in [-0.1, -0.05) is 11.6 Å². The van der Waals surface area contributed by atoms with E-state index in [9.17, 15) is 9.59 Å². The van der Waals surface area contributed by atoms with E-state index >= 15 is 0 Å². The standard InChI is InChI=1S/C13H17ClN2O4/c1-20-8-2-3-11(12(17)18)16-13(19)15-10-6-4-9(14)5-7-10/h4-7,11H,2-3,8H2,1H3,(H,17,18)(H2,15,16,19). The highest BCUT2D eigenvalue weighted by atomic mass is 35.5. The van der Waals surface area contributed by atoms with Crippen molar-refractivity contribution in [2.24, 2.45) is 0 Å². The van der Waals surface area contributed by atoms with Crippen LogP contribution in [0.25, 0.3) is 0 Å². The van der Waals surface area contributed by atoms with Crippen LogP contribution in [-0.2, 0) is 9.53 Å². The molecule has 0 heterocycles. The fourth-order valence-electron chi connectivity index (χ4n) is 1.55. The lowest BCUT2D eigenvalue weighted by atomic mass is 10.1. The van der Waals surface area contributed by atoms with Crippen LogP contribution in [0.1, 0.15) is 12.8 Å². The summed E-state index contributed by atoms with van der Waals surface area (Å²) in [6.45, 7) is 0.449. The summed E-state index contributed by atoms with van der Waals surface area (Å²) in [4.78, 5) is 22.7. The van der Waals surface area contributed by atoms with Gasteiger partial charge in [-0.05, 0) is 37.1 Å². The monoisotopic (exact) mass is 300 g/mol. The topological polar surface area (TPSA) is 87.7 Å². The van der Waals surface area contributed by atoms with Gasteiger partial charge in [0.25, 0.3) is 0 Å². The van der Waals surface area contributed by atoms with Crippen LogP contribution in [0.15, 0.2) is 24.3 Å². The van der Waals surface area contributed by atoms with Gasteiger partial charge in [0, 0.05) is 24.4 Å². The molecule has 0 saturated carbocycles. The van der Waals surface area contributed by atoms with E-state index in [-0.39, 0.29) is 0 Å². The molecule has 1 unspecified atom stereocenters. The van der Waals surface area contributed by atoms with Gasteiger partial charge in [-0.25, -0.2) is 9.59 Å². The van der Waals surface area contributed by atoms with Crippen molar-refractivity contribution in [3.63, 3.8) is 0 Å². The van der Waals surface area contributed by atoms with E-state index in [0.29, 0.717) is 30.2 Å². The molecule has 2 amide bonds. The maximum Gasteiger partial charge on any atom is 0.326 e. The number of halogens is 1. The van der Waals surface area contributed by atoms with Crippen molar-refractivity contribution in [1.82, 2.24) is 5.32 Å². The molecule has 0 fully saturated rings. The summed E-state index contributed by atoms with van der Waals surface area (Å²) in [5.74, 6) is -1.08. The van der Waals surface area contributed by atoms with Gasteiger partial charge in [0.1, 0.15) is 6.04 Å². The molecule has 20 heavy (non-hydrogen) atoms. The van der Waals surface area contributed by atoms with Gasteiger partial charge in [-0.2, -0.15) is 0 Å². The minimum Gasteiger partial charge on any atom is -0.480 e. The summed E-state index contributed by atoms with van der Waals surface area (Å²) >= 11 is 5.73. The van der Waals surface area contributed by atoms with Crippen LogP contribution < -0.4 is 10.6 Å². The third-order valence-electron chi connectivity index (χ3n) is 2.55. The van der Waals surface area contributed by atoms with Gasteiger partial charge in [-0.15, -0.1) is 0 Å². The Labute approximate surface area is 122 Å². The number of carboxylic acid groups (broad SMARTS) is 1. The fourth-order valence-corrected chi connectivity index (χ4v) is 1.67. The zero-order valence-electron chi connectivity index (χ0n) is 11.1. The van der Waals surface area contributed by atoms with Crippen molar-refractivity contribution in [3.05, 3.63) is 29.3 Å². The van der Waals surface area contributed by atoms with E-state index in [2.05, 4.69) is 10.6 Å². The number of amides is 2. The number of carboxylic acids is 1. The number of hydrogen-bond donors (Lipinski definition) is 3. The molecule has 1 atom stereocenters. The number of anilines is 1. The maximum absolute atomic E-state index is 11.7. The van der Waals surface area contributed by atoms with Gasteiger partial charge in [0.2, 0.25) is 0 Å². The predicted octanol–water partition coefficient (Wildman–Crippen LogP) is 2.34. The lowest BCUT2D eigenvalue weighted by Crippen LogP contribution is -2.43. The number of urea groups is 1. The van der Waals surface area contributed by atoms with Crippen molar-refractivity contribution < 1.29 is 19.4 Å². The van der Waals surface area contributed by atoms with E-state index in [4.69, 9.17) is 21.4 Å². The quantitative estimate of drug-likeness (QED) is 0.674. The van der Waals surface area contributed by atoms with E-state index in [1.165, 1.54) is 7.11 Å². The Kier molecular flexibility index (Phi) is 6.83. The third kappa shape index (κ3) is 5.90. The molecule has 7 heteroatoms. The SMILES string of the molecule is COCCCC(NC(=O)Nc1ccc(Cl)cc1)C(=O)O. The lowest BCUT2D eigenvalue weighted by molar-refractivity contribution is -0.139. The highest BCUT2D eigenvalue weighted by molar-refractivity contribution is 6.30. The molecule has 0 saturated heterocycles. The van der Waals surface area contributed by atoms with Crippen LogP contribution in [0.5, 0.6) is 0 Å². The first-order valence-electron chi connectivity index (χ1n) is 6.07. The van der Waals surface area contributed by atoms with Crippen molar-refractivity contribution >= 4 is 29.3 Å². The van der Waals surface area contributed by atoms with E-state index in [0.717, 1.165) is 0 Å². The van der Waals surface area contributed by atoms with Crippen LogP contribution in [0.2, 0.25) is 5.02 Å². The molecule has 0 bridgehead atoms. The van der Waals surface area contributed by atoms with Gasteiger partial charge in [0.15, 0.2) is 0 Å². The fraction of sp³-hybridized carbons (Fsp3) is 0.385. The summed E-state index contributed by atoms with van der Waals surface area (Å²) in [5.41, 5.74) is 0.535. The number of ether oxygens (including phenoxy) is 1. The average Bonchev–Trinajstić information content (AvgIpc) is 2.40.